The summed E-state index contributed by atoms with van der Waals surface area (Å²) in [5.74, 6) is 0. The molecule has 4 heteroatoms. The Morgan fingerprint density at radius 1 is 0.952 bits per heavy atom. The maximum atomic E-state index is 6.29. The molecule has 0 fully saturated rings. The lowest BCUT2D eigenvalue weighted by Crippen LogP contribution is -1.96. The molecule has 21 heavy (non-hydrogen) atoms. The summed E-state index contributed by atoms with van der Waals surface area (Å²) in [6.07, 6.45) is 2.02. The summed E-state index contributed by atoms with van der Waals surface area (Å²) in [5.41, 5.74) is 3.84. The van der Waals surface area contributed by atoms with Crippen LogP contribution in [0.2, 0.25) is 5.15 Å². The Hall–Kier alpha value is -2.39. The molecule has 0 aliphatic rings. The number of halogens is 1. The second-order valence-corrected chi connectivity index (χ2v) is 5.40. The third-order valence-electron chi connectivity index (χ3n) is 3.68. The Balaban J connectivity index is 2.09. The Labute approximate surface area is 126 Å². The molecule has 2 aromatic carbocycles. The molecule has 0 bridgehead atoms. The van der Waals surface area contributed by atoms with Crippen LogP contribution in [0.5, 0.6) is 0 Å². The lowest BCUT2D eigenvalue weighted by atomic mass is 10.1. The van der Waals surface area contributed by atoms with Gasteiger partial charge in [0.25, 0.3) is 0 Å². The fourth-order valence-electron chi connectivity index (χ4n) is 2.62. The van der Waals surface area contributed by atoms with Gasteiger partial charge in [-0.15, -0.1) is 0 Å². The van der Waals surface area contributed by atoms with Gasteiger partial charge in [0.1, 0.15) is 5.52 Å². The summed E-state index contributed by atoms with van der Waals surface area (Å²) in [4.78, 5) is 4.42. The normalized spacial score (nSPS) is 11.3. The van der Waals surface area contributed by atoms with E-state index in [1.807, 2.05) is 53.3 Å². The summed E-state index contributed by atoms with van der Waals surface area (Å²) in [5, 5.41) is 7.14. The standard InChI is InChI=1S/C17H12ClN3/c1-11-6-2-5-9-15(11)21-10-13-12-7-3-4-8-14(12)19-17(18)16(13)20-21/h2-10H,1H3. The summed E-state index contributed by atoms with van der Waals surface area (Å²) in [6.45, 7) is 2.07. The molecule has 0 spiro atoms. The van der Waals surface area contributed by atoms with Gasteiger partial charge in [-0.25, -0.2) is 9.67 Å². The number of rotatable bonds is 1. The smallest absolute Gasteiger partial charge is 0.157 e. The van der Waals surface area contributed by atoms with Gasteiger partial charge in [-0.3, -0.25) is 0 Å². The van der Waals surface area contributed by atoms with E-state index in [0.29, 0.717) is 5.15 Å². The molecule has 0 amide bonds. The van der Waals surface area contributed by atoms with E-state index in [1.165, 1.54) is 5.56 Å². The van der Waals surface area contributed by atoms with Gasteiger partial charge in [-0.1, -0.05) is 48.0 Å². The highest BCUT2D eigenvalue weighted by molar-refractivity contribution is 6.35. The van der Waals surface area contributed by atoms with E-state index >= 15 is 0 Å². The summed E-state index contributed by atoms with van der Waals surface area (Å²) in [7, 11) is 0. The van der Waals surface area contributed by atoms with Crippen LogP contribution in [-0.2, 0) is 0 Å². The van der Waals surface area contributed by atoms with Crippen LogP contribution in [0.15, 0.2) is 54.7 Å². The van der Waals surface area contributed by atoms with Gasteiger partial charge in [0.2, 0.25) is 0 Å². The van der Waals surface area contributed by atoms with Gasteiger partial charge in [-0.2, -0.15) is 5.10 Å². The first-order valence-electron chi connectivity index (χ1n) is 6.73. The van der Waals surface area contributed by atoms with Crippen LogP contribution < -0.4 is 0 Å². The lowest BCUT2D eigenvalue weighted by Gasteiger charge is -2.03. The predicted octanol–water partition coefficient (Wildman–Crippen LogP) is 4.54. The van der Waals surface area contributed by atoms with Gasteiger partial charge in [-0.05, 0) is 24.6 Å². The molecule has 2 aromatic heterocycles. The van der Waals surface area contributed by atoms with E-state index in [2.05, 4.69) is 23.1 Å². The minimum absolute atomic E-state index is 0.441. The fourth-order valence-corrected chi connectivity index (χ4v) is 2.86. The van der Waals surface area contributed by atoms with E-state index in [9.17, 15) is 0 Å². The van der Waals surface area contributed by atoms with E-state index in [1.54, 1.807) is 0 Å². The van der Waals surface area contributed by atoms with Crippen LogP contribution in [0.4, 0.5) is 0 Å². The van der Waals surface area contributed by atoms with Crippen molar-refractivity contribution in [3.8, 4) is 5.69 Å². The van der Waals surface area contributed by atoms with Crippen LogP contribution in [0.3, 0.4) is 0 Å². The first-order valence-corrected chi connectivity index (χ1v) is 7.11. The Morgan fingerprint density at radius 2 is 1.71 bits per heavy atom. The van der Waals surface area contributed by atoms with E-state index < -0.39 is 0 Å². The summed E-state index contributed by atoms with van der Waals surface area (Å²) in [6, 6.07) is 16.1. The van der Waals surface area contributed by atoms with Crippen molar-refractivity contribution in [2.45, 2.75) is 6.92 Å². The van der Waals surface area contributed by atoms with Crippen LogP contribution in [0.1, 0.15) is 5.56 Å². The third-order valence-corrected chi connectivity index (χ3v) is 3.95. The minimum atomic E-state index is 0.441. The average molecular weight is 294 g/mol. The molecule has 0 atom stereocenters. The number of fused-ring (bicyclic) bond motifs is 3. The van der Waals surface area contributed by atoms with Gasteiger partial charge < -0.3 is 0 Å². The maximum Gasteiger partial charge on any atom is 0.157 e. The zero-order valence-corrected chi connectivity index (χ0v) is 12.2. The number of nitrogens with zero attached hydrogens (tertiary/aromatic N) is 3. The topological polar surface area (TPSA) is 30.7 Å². The zero-order chi connectivity index (χ0) is 14.4. The lowest BCUT2D eigenvalue weighted by molar-refractivity contribution is 0.887. The summed E-state index contributed by atoms with van der Waals surface area (Å²) < 4.78 is 1.88. The van der Waals surface area contributed by atoms with Crippen LogP contribution in [0.25, 0.3) is 27.5 Å². The highest BCUT2D eigenvalue weighted by Crippen LogP contribution is 2.29. The molecule has 0 radical (unpaired) electrons. The maximum absolute atomic E-state index is 6.29. The highest BCUT2D eigenvalue weighted by atomic mass is 35.5. The predicted molar refractivity (Wildman–Crippen MR) is 86.1 cm³/mol. The number of aryl methyl sites for hydroxylation is 1. The SMILES string of the molecule is Cc1ccccc1-n1cc2c(n1)c(Cl)nc1ccccc12. The van der Waals surface area contributed by atoms with Crippen LogP contribution in [-0.4, -0.2) is 14.8 Å². The second-order valence-electron chi connectivity index (χ2n) is 5.04. The molecule has 2 heterocycles. The van der Waals surface area contributed by atoms with Crippen LogP contribution in [0, 0.1) is 6.92 Å². The number of pyridine rings is 1. The number of hydrogen-bond donors (Lipinski definition) is 0. The van der Waals surface area contributed by atoms with Crippen molar-refractivity contribution < 1.29 is 0 Å². The van der Waals surface area contributed by atoms with Gasteiger partial charge >= 0.3 is 0 Å². The van der Waals surface area contributed by atoms with Gasteiger partial charge in [0.15, 0.2) is 5.15 Å². The molecule has 0 unspecified atom stereocenters. The molecule has 0 N–H and O–H groups in total. The quantitative estimate of drug-likeness (QED) is 0.483. The van der Waals surface area contributed by atoms with E-state index in [4.69, 9.17) is 11.6 Å². The first-order chi connectivity index (χ1) is 10.2. The number of para-hydroxylation sites is 2. The molecule has 4 aromatic rings. The van der Waals surface area contributed by atoms with Crippen molar-refractivity contribution in [2.75, 3.05) is 0 Å². The fraction of sp³-hybridized carbons (Fsp3) is 0.0588. The molecule has 0 aliphatic carbocycles. The minimum Gasteiger partial charge on any atom is -0.239 e. The molecule has 4 rings (SSSR count). The van der Waals surface area contributed by atoms with Crippen molar-refractivity contribution in [1.82, 2.24) is 14.8 Å². The summed E-state index contributed by atoms with van der Waals surface area (Å²) >= 11 is 6.29. The van der Waals surface area contributed by atoms with Gasteiger partial charge in [0, 0.05) is 17.0 Å². The molecular weight excluding hydrogens is 282 g/mol. The van der Waals surface area contributed by atoms with E-state index in [0.717, 1.165) is 27.5 Å². The Bertz CT molecular complexity index is 972. The second kappa shape index (κ2) is 4.57. The number of hydrogen-bond acceptors (Lipinski definition) is 2. The third kappa shape index (κ3) is 1.89. The molecule has 102 valence electrons. The zero-order valence-electron chi connectivity index (χ0n) is 11.4. The van der Waals surface area contributed by atoms with E-state index in [-0.39, 0.29) is 0 Å². The largest absolute Gasteiger partial charge is 0.239 e. The highest BCUT2D eigenvalue weighted by Gasteiger charge is 2.12. The van der Waals surface area contributed by atoms with Crippen molar-refractivity contribution in [2.24, 2.45) is 0 Å². The molecule has 0 saturated carbocycles. The first kappa shape index (κ1) is 12.4. The monoisotopic (exact) mass is 293 g/mol. The molecule has 0 aliphatic heterocycles. The van der Waals surface area contributed by atoms with Crippen molar-refractivity contribution >= 4 is 33.4 Å². The van der Waals surface area contributed by atoms with Crippen molar-refractivity contribution in [3.05, 3.63) is 65.4 Å². The Kier molecular flexibility index (Phi) is 2.69. The number of benzene rings is 2. The number of aromatic nitrogens is 3. The van der Waals surface area contributed by atoms with Crippen molar-refractivity contribution in [3.63, 3.8) is 0 Å². The molecular formula is C17H12ClN3. The Morgan fingerprint density at radius 3 is 2.57 bits per heavy atom. The molecule has 0 saturated heterocycles. The van der Waals surface area contributed by atoms with Gasteiger partial charge in [0.05, 0.1) is 11.2 Å². The molecule has 3 nitrogen and oxygen atoms in total. The van der Waals surface area contributed by atoms with Crippen molar-refractivity contribution in [1.29, 1.82) is 0 Å². The van der Waals surface area contributed by atoms with Crippen LogP contribution >= 0.6 is 11.6 Å². The average Bonchev–Trinajstić information content (AvgIpc) is 2.94.